The third kappa shape index (κ3) is 24.4. The molecule has 8 heteroatoms. The molecule has 1 heterocycles. The van der Waals surface area contributed by atoms with Crippen LogP contribution in [0.25, 0.3) is 20.8 Å². The van der Waals surface area contributed by atoms with Gasteiger partial charge in [0.05, 0.1) is 20.9 Å². The van der Waals surface area contributed by atoms with E-state index in [9.17, 15) is 21.6 Å². The molecule has 0 saturated carbocycles. The van der Waals surface area contributed by atoms with Crippen molar-refractivity contribution in [3.05, 3.63) is 48.5 Å². The Morgan fingerprint density at radius 2 is 1.05 bits per heavy atom. The lowest BCUT2D eigenvalue weighted by atomic mass is 10.2. The maximum absolute atomic E-state index is 12.2. The third-order valence-electron chi connectivity index (χ3n) is 3.63. The minimum atomic E-state index is -4.34. The van der Waals surface area contributed by atoms with Gasteiger partial charge in [-0.05, 0) is 30.7 Å². The monoisotopic (exact) mass is 642 g/mol. The number of alkyl halides is 3. The van der Waals surface area contributed by atoms with Gasteiger partial charge in [0.2, 0.25) is 0 Å². The summed E-state index contributed by atoms with van der Waals surface area (Å²) in [4.78, 5) is 4.52. The van der Waals surface area contributed by atoms with Crippen molar-refractivity contribution in [3.63, 3.8) is 0 Å². The first-order valence-electron chi connectivity index (χ1n) is 7.50. The third-order valence-corrected chi connectivity index (χ3v) is 6.53. The summed E-state index contributed by atoms with van der Waals surface area (Å²) >= 11 is 1.49. The highest BCUT2D eigenvalue weighted by Crippen LogP contribution is 2.31. The predicted octanol–water partition coefficient (Wildman–Crippen LogP) is 15.3. The van der Waals surface area contributed by atoms with Gasteiger partial charge >= 0.3 is 6.18 Å². The van der Waals surface area contributed by atoms with Crippen LogP contribution < -0.4 is 0 Å². The molecule has 0 unspecified atom stereocenters. The van der Waals surface area contributed by atoms with Crippen LogP contribution in [0.1, 0.15) is 132 Å². The molecule has 0 fully saturated rings. The summed E-state index contributed by atoms with van der Waals surface area (Å²) in [5, 5.41) is 0.766. The van der Waals surface area contributed by atoms with E-state index >= 15 is 0 Å². The van der Waals surface area contributed by atoms with Gasteiger partial charge in [-0.3, -0.25) is 0 Å². The van der Waals surface area contributed by atoms with Crippen LogP contribution in [0.3, 0.4) is 0 Å². The number of fused-ring (bicyclic) bond motifs is 1. The Morgan fingerprint density at radius 1 is 0.634 bits per heavy atom. The second kappa shape index (κ2) is 36.1. The minimum absolute atomic E-state index is 0. The van der Waals surface area contributed by atoms with Crippen LogP contribution in [0.5, 0.6) is 0 Å². The number of sulfone groups is 1. The molecule has 0 atom stereocenters. The molecule has 0 aliphatic rings. The number of hydrogen-bond donors (Lipinski definition) is 0. The molecule has 0 aliphatic carbocycles. The molecule has 0 radical (unpaired) electrons. The number of thiazole rings is 1. The van der Waals surface area contributed by atoms with E-state index in [1.807, 2.05) is 24.3 Å². The first-order valence-corrected chi connectivity index (χ1v) is 9.97. The summed E-state index contributed by atoms with van der Waals surface area (Å²) in [5.41, 5.74) is 1.64. The van der Waals surface area contributed by atoms with E-state index in [1.165, 1.54) is 23.5 Å². The quantitative estimate of drug-likeness (QED) is 0.278. The molecule has 0 bridgehead atoms. The topological polar surface area (TPSA) is 47.0 Å². The van der Waals surface area contributed by atoms with Crippen molar-refractivity contribution >= 4 is 31.4 Å². The minimum Gasteiger partial charge on any atom is -0.236 e. The highest BCUT2D eigenvalue weighted by atomic mass is 32.2. The zero-order valence-electron chi connectivity index (χ0n) is 13.0. The van der Waals surface area contributed by atoms with Crippen LogP contribution in [-0.2, 0) is 9.84 Å². The zero-order chi connectivity index (χ0) is 18.1. The number of rotatable bonds is 5. The smallest absolute Gasteiger partial charge is 0.236 e. The van der Waals surface area contributed by atoms with Gasteiger partial charge in [0.25, 0.3) is 0 Å². The van der Waals surface area contributed by atoms with Crippen molar-refractivity contribution in [1.29, 1.82) is 0 Å². The van der Waals surface area contributed by atoms with Gasteiger partial charge in [0, 0.05) is 12.0 Å². The lowest BCUT2D eigenvalue weighted by molar-refractivity contribution is -0.134. The van der Waals surface area contributed by atoms with E-state index in [-0.39, 0.29) is 124 Å². The van der Waals surface area contributed by atoms with Crippen LogP contribution in [-0.4, -0.2) is 25.3 Å². The standard InChI is InChI=1S/C17H14F3NO2S2.16CH4/c18-17(19,20)10-3-11-25(22,23)13-8-6-12(7-9-13)16-21-14-4-1-2-5-15(14)24-16;;;;;;;;;;;;;;;;/h1-2,4-9H,3,10-11H2;16*1H4. The average Bonchev–Trinajstić information content (AvgIpc) is 2.97. The van der Waals surface area contributed by atoms with Crippen molar-refractivity contribution in [3.8, 4) is 10.6 Å². The normalized spacial score (nSPS) is 7.68. The molecule has 2 aromatic carbocycles. The summed E-state index contributed by atoms with van der Waals surface area (Å²) in [6.45, 7) is 0. The number of hydrogen-bond acceptors (Lipinski definition) is 4. The largest absolute Gasteiger partial charge is 0.389 e. The second-order valence-electron chi connectivity index (χ2n) is 5.55. The van der Waals surface area contributed by atoms with Gasteiger partial charge in [0.15, 0.2) is 9.84 Å². The molecule has 3 aromatic rings. The van der Waals surface area contributed by atoms with Crippen molar-refractivity contribution in [2.75, 3.05) is 5.75 Å². The van der Waals surface area contributed by atoms with E-state index < -0.39 is 34.6 Å². The lowest BCUT2D eigenvalue weighted by Gasteiger charge is -2.07. The van der Waals surface area contributed by atoms with Gasteiger partial charge in [0.1, 0.15) is 5.01 Å². The predicted molar refractivity (Wildman–Crippen MR) is 200 cm³/mol. The fourth-order valence-corrected chi connectivity index (χ4v) is 4.66. The molecule has 260 valence electrons. The molecule has 1 aromatic heterocycles. The summed E-state index contributed by atoms with van der Waals surface area (Å²) in [5.74, 6) is -0.521. The highest BCUT2D eigenvalue weighted by molar-refractivity contribution is 7.91. The van der Waals surface area contributed by atoms with Crippen molar-refractivity contribution in [2.45, 2.75) is 143 Å². The number of para-hydroxylation sites is 1. The van der Waals surface area contributed by atoms with Crippen molar-refractivity contribution in [1.82, 2.24) is 4.98 Å². The van der Waals surface area contributed by atoms with Gasteiger partial charge < -0.3 is 0 Å². The zero-order valence-corrected chi connectivity index (χ0v) is 14.6. The van der Waals surface area contributed by atoms with Crippen molar-refractivity contribution in [2.24, 2.45) is 0 Å². The Labute approximate surface area is 265 Å². The Hall–Kier alpha value is -1.93. The van der Waals surface area contributed by atoms with E-state index in [2.05, 4.69) is 4.98 Å². The van der Waals surface area contributed by atoms with E-state index in [0.29, 0.717) is 0 Å². The summed E-state index contributed by atoms with van der Waals surface area (Å²) < 4.78 is 61.8. The number of benzene rings is 2. The molecular weight excluding hydrogens is 563 g/mol. The first-order chi connectivity index (χ1) is 11.7. The summed E-state index contributed by atoms with van der Waals surface area (Å²) in [7, 11) is -3.72. The average molecular weight is 642 g/mol. The SMILES string of the molecule is C.C.C.C.C.C.C.C.C.C.C.C.C.C.C.C.O=S(=O)(CCCC(F)(F)F)c1ccc(-c2nc3ccccc3s2)cc1. The van der Waals surface area contributed by atoms with Crippen LogP contribution in [0.4, 0.5) is 13.2 Å². The number of aromatic nitrogens is 1. The second-order valence-corrected chi connectivity index (χ2v) is 8.69. The van der Waals surface area contributed by atoms with Gasteiger partial charge in [-0.1, -0.05) is 143 Å². The van der Waals surface area contributed by atoms with Crippen molar-refractivity contribution < 1.29 is 21.6 Å². The molecular formula is C33H78F3NO2S2. The Bertz CT molecular complexity index is 951. The number of halogens is 3. The van der Waals surface area contributed by atoms with E-state index in [1.54, 1.807) is 12.1 Å². The molecule has 41 heavy (non-hydrogen) atoms. The molecule has 0 saturated heterocycles. The van der Waals surface area contributed by atoms with Gasteiger partial charge in [-0.2, -0.15) is 13.2 Å². The van der Waals surface area contributed by atoms with Crippen LogP contribution in [0.15, 0.2) is 53.4 Å². The Kier molecular flexibility index (Phi) is 79.3. The molecule has 0 spiro atoms. The molecule has 0 N–H and O–H groups in total. The Balaban J connectivity index is -0.0000000380. The fraction of sp³-hybridized carbons (Fsp3) is 0.606. The molecule has 3 nitrogen and oxygen atoms in total. The fourth-order valence-electron chi connectivity index (χ4n) is 2.38. The first kappa shape index (κ1) is 90.1. The van der Waals surface area contributed by atoms with Crippen LogP contribution in [0, 0.1) is 0 Å². The number of nitrogens with zero attached hydrogens (tertiary/aromatic N) is 1. The summed E-state index contributed by atoms with van der Waals surface area (Å²) in [6.07, 6.45) is -5.88. The maximum Gasteiger partial charge on any atom is 0.389 e. The Morgan fingerprint density at radius 3 is 1.44 bits per heavy atom. The molecule has 0 aliphatic heterocycles. The molecule has 0 amide bonds. The molecule has 3 rings (SSSR count). The van der Waals surface area contributed by atoms with Crippen LogP contribution in [0.2, 0.25) is 0 Å². The van der Waals surface area contributed by atoms with Crippen LogP contribution >= 0.6 is 11.3 Å². The lowest BCUT2D eigenvalue weighted by Crippen LogP contribution is -2.12. The van der Waals surface area contributed by atoms with E-state index in [4.69, 9.17) is 0 Å². The van der Waals surface area contributed by atoms with Gasteiger partial charge in [-0.25, -0.2) is 13.4 Å². The van der Waals surface area contributed by atoms with Gasteiger partial charge in [-0.15, -0.1) is 11.3 Å². The van der Waals surface area contributed by atoms with E-state index in [0.717, 1.165) is 20.8 Å². The highest BCUT2D eigenvalue weighted by Gasteiger charge is 2.27. The summed E-state index contributed by atoms with van der Waals surface area (Å²) in [6, 6.07) is 13.8. The maximum atomic E-state index is 12.2.